The first-order valence-electron chi connectivity index (χ1n) is 7.49. The van der Waals surface area contributed by atoms with E-state index in [1.54, 1.807) is 0 Å². The summed E-state index contributed by atoms with van der Waals surface area (Å²) in [7, 11) is 0. The van der Waals surface area contributed by atoms with Gasteiger partial charge >= 0.3 is 0 Å². The zero-order chi connectivity index (χ0) is 18.9. The van der Waals surface area contributed by atoms with Gasteiger partial charge in [-0.2, -0.15) is 5.10 Å². The van der Waals surface area contributed by atoms with Gasteiger partial charge in [0.05, 0.1) is 12.2 Å². The van der Waals surface area contributed by atoms with E-state index in [9.17, 15) is 18.3 Å². The van der Waals surface area contributed by atoms with Crippen LogP contribution in [-0.2, 0) is 12.1 Å². The van der Waals surface area contributed by atoms with Crippen LogP contribution in [0.2, 0.25) is 0 Å². The third-order valence-corrected chi connectivity index (χ3v) is 4.72. The fraction of sp³-hybridized carbons (Fsp3) is 0.250. The highest BCUT2D eigenvalue weighted by Crippen LogP contribution is 2.40. The second-order valence-corrected chi connectivity index (χ2v) is 6.48. The van der Waals surface area contributed by atoms with Crippen molar-refractivity contribution in [1.29, 1.82) is 0 Å². The maximum atomic E-state index is 14.5. The van der Waals surface area contributed by atoms with Gasteiger partial charge in [-0.25, -0.2) is 32.8 Å². The Labute approximate surface area is 154 Å². The number of hydrogen-bond acceptors (Lipinski definition) is 5. The first kappa shape index (κ1) is 18.5. The summed E-state index contributed by atoms with van der Waals surface area (Å²) in [5, 5.41) is 15.3. The molecule has 0 bridgehead atoms. The number of benzene rings is 1. The number of halogens is 4. The fourth-order valence-electron chi connectivity index (χ4n) is 2.75. The molecule has 6 nitrogen and oxygen atoms in total. The molecule has 2 atom stereocenters. The molecule has 0 radical (unpaired) electrons. The second kappa shape index (κ2) is 7.12. The van der Waals surface area contributed by atoms with Gasteiger partial charge in [-0.15, -0.1) is 0 Å². The predicted molar refractivity (Wildman–Crippen MR) is 88.4 cm³/mol. The van der Waals surface area contributed by atoms with Crippen LogP contribution < -0.4 is 0 Å². The van der Waals surface area contributed by atoms with Crippen molar-refractivity contribution in [2.45, 2.75) is 25.0 Å². The van der Waals surface area contributed by atoms with Gasteiger partial charge in [0.1, 0.15) is 40.8 Å². The average Bonchev–Trinajstić information content (AvgIpc) is 3.09. The molecule has 1 aromatic carbocycles. The molecule has 26 heavy (non-hydrogen) atoms. The molecule has 10 heteroatoms. The van der Waals surface area contributed by atoms with E-state index in [1.807, 2.05) is 0 Å². The Morgan fingerprint density at radius 2 is 2.00 bits per heavy atom. The molecule has 3 rings (SSSR count). The average molecular weight is 428 g/mol. The molecule has 2 unspecified atom stereocenters. The molecular weight excluding hydrogens is 415 g/mol. The summed E-state index contributed by atoms with van der Waals surface area (Å²) in [6, 6.07) is 2.79. The van der Waals surface area contributed by atoms with Crippen molar-refractivity contribution in [3.8, 4) is 0 Å². The molecule has 0 saturated carbocycles. The van der Waals surface area contributed by atoms with Gasteiger partial charge in [0.2, 0.25) is 0 Å². The number of aliphatic hydroxyl groups is 1. The Balaban J connectivity index is 2.15. The van der Waals surface area contributed by atoms with E-state index in [0.29, 0.717) is 6.07 Å². The standard InChI is InChI=1S/C16H13BrF3N5O/c1-9(14-13(20)15(17)23-7-22-14)16(26,5-25-8-21-6-24-25)11-3-2-10(18)4-12(11)19/h2-4,6-9,26H,5H2,1H3. The summed E-state index contributed by atoms with van der Waals surface area (Å²) in [6.07, 6.45) is 3.69. The molecule has 2 aromatic heterocycles. The monoisotopic (exact) mass is 427 g/mol. The van der Waals surface area contributed by atoms with E-state index in [1.165, 1.54) is 24.3 Å². The predicted octanol–water partition coefficient (Wildman–Crippen LogP) is 2.94. The van der Waals surface area contributed by atoms with Crippen LogP contribution in [0.1, 0.15) is 24.1 Å². The van der Waals surface area contributed by atoms with Crippen molar-refractivity contribution in [2.75, 3.05) is 0 Å². The molecule has 0 aliphatic rings. The van der Waals surface area contributed by atoms with E-state index in [0.717, 1.165) is 18.5 Å². The van der Waals surface area contributed by atoms with E-state index < -0.39 is 29.0 Å². The lowest BCUT2D eigenvalue weighted by Crippen LogP contribution is -2.39. The van der Waals surface area contributed by atoms with E-state index in [4.69, 9.17) is 0 Å². The first-order valence-corrected chi connectivity index (χ1v) is 8.28. The largest absolute Gasteiger partial charge is 0.382 e. The minimum absolute atomic E-state index is 0.0861. The topological polar surface area (TPSA) is 76.7 Å². The van der Waals surface area contributed by atoms with Gasteiger partial charge < -0.3 is 5.11 Å². The summed E-state index contributed by atoms with van der Waals surface area (Å²) < 4.78 is 43.4. The van der Waals surface area contributed by atoms with Gasteiger partial charge in [-0.05, 0) is 22.0 Å². The molecule has 0 saturated heterocycles. The number of aromatic nitrogens is 5. The van der Waals surface area contributed by atoms with Gasteiger partial charge in [0.25, 0.3) is 0 Å². The lowest BCUT2D eigenvalue weighted by atomic mass is 9.79. The third kappa shape index (κ3) is 3.34. The van der Waals surface area contributed by atoms with Crippen LogP contribution >= 0.6 is 15.9 Å². The van der Waals surface area contributed by atoms with Crippen LogP contribution in [0.5, 0.6) is 0 Å². The van der Waals surface area contributed by atoms with E-state index in [2.05, 4.69) is 36.0 Å². The maximum absolute atomic E-state index is 14.5. The highest BCUT2D eigenvalue weighted by molar-refractivity contribution is 9.10. The summed E-state index contributed by atoms with van der Waals surface area (Å²) in [5.74, 6) is -3.56. The molecule has 136 valence electrons. The molecular formula is C16H13BrF3N5O. The number of rotatable bonds is 5. The highest BCUT2D eigenvalue weighted by Gasteiger charge is 2.42. The second-order valence-electron chi connectivity index (χ2n) is 5.73. The van der Waals surface area contributed by atoms with Crippen molar-refractivity contribution in [3.05, 3.63) is 70.5 Å². The smallest absolute Gasteiger partial charge is 0.177 e. The minimum atomic E-state index is -1.99. The van der Waals surface area contributed by atoms with Crippen LogP contribution in [0, 0.1) is 17.5 Å². The lowest BCUT2D eigenvalue weighted by molar-refractivity contribution is -0.0134. The number of nitrogens with zero attached hydrogens (tertiary/aromatic N) is 5. The van der Waals surface area contributed by atoms with Crippen LogP contribution in [0.15, 0.2) is 41.8 Å². The molecule has 0 aliphatic carbocycles. The van der Waals surface area contributed by atoms with E-state index >= 15 is 0 Å². The van der Waals surface area contributed by atoms with Crippen LogP contribution in [0.3, 0.4) is 0 Å². The first-order chi connectivity index (χ1) is 12.3. The van der Waals surface area contributed by atoms with Crippen molar-refractivity contribution in [2.24, 2.45) is 0 Å². The molecule has 0 spiro atoms. The molecule has 2 heterocycles. The summed E-state index contributed by atoms with van der Waals surface area (Å²) in [6.45, 7) is 1.23. The Kier molecular flexibility index (Phi) is 5.05. The minimum Gasteiger partial charge on any atom is -0.382 e. The van der Waals surface area contributed by atoms with Gasteiger partial charge in [0, 0.05) is 17.5 Å². The maximum Gasteiger partial charge on any atom is 0.177 e. The Bertz CT molecular complexity index is 924. The normalized spacial score (nSPS) is 14.8. The highest BCUT2D eigenvalue weighted by atomic mass is 79.9. The molecule has 3 aromatic rings. The van der Waals surface area contributed by atoms with E-state index in [-0.39, 0.29) is 22.4 Å². The molecule has 0 fully saturated rings. The third-order valence-electron chi connectivity index (χ3n) is 4.17. The van der Waals surface area contributed by atoms with Crippen molar-refractivity contribution >= 4 is 15.9 Å². The van der Waals surface area contributed by atoms with Crippen LogP contribution in [0.25, 0.3) is 0 Å². The Morgan fingerprint density at radius 3 is 2.65 bits per heavy atom. The fourth-order valence-corrected chi connectivity index (χ4v) is 3.04. The summed E-state index contributed by atoms with van der Waals surface area (Å²) in [5.41, 5.74) is -2.32. The zero-order valence-corrected chi connectivity index (χ0v) is 15.0. The van der Waals surface area contributed by atoms with Gasteiger partial charge in [0.15, 0.2) is 5.82 Å². The quantitative estimate of drug-likeness (QED) is 0.633. The Morgan fingerprint density at radius 1 is 1.23 bits per heavy atom. The lowest BCUT2D eigenvalue weighted by Gasteiger charge is -2.34. The van der Waals surface area contributed by atoms with Crippen molar-refractivity contribution in [3.63, 3.8) is 0 Å². The molecule has 1 N–H and O–H groups in total. The van der Waals surface area contributed by atoms with Crippen molar-refractivity contribution < 1.29 is 18.3 Å². The molecule has 0 aliphatic heterocycles. The Hall–Kier alpha value is -2.33. The zero-order valence-electron chi connectivity index (χ0n) is 13.4. The summed E-state index contributed by atoms with van der Waals surface area (Å²) >= 11 is 2.96. The van der Waals surface area contributed by atoms with Crippen LogP contribution in [-0.4, -0.2) is 29.8 Å². The van der Waals surface area contributed by atoms with Crippen molar-refractivity contribution in [1.82, 2.24) is 24.7 Å². The van der Waals surface area contributed by atoms with Gasteiger partial charge in [-0.1, -0.05) is 13.0 Å². The summed E-state index contributed by atoms with van der Waals surface area (Å²) in [4.78, 5) is 11.3. The van der Waals surface area contributed by atoms with Gasteiger partial charge in [-0.3, -0.25) is 0 Å². The van der Waals surface area contributed by atoms with Crippen LogP contribution in [0.4, 0.5) is 13.2 Å². The number of hydrogen-bond donors (Lipinski definition) is 1. The SMILES string of the molecule is CC(c1ncnc(Br)c1F)C(O)(Cn1cncn1)c1ccc(F)cc1F. The molecule has 0 amide bonds.